The highest BCUT2D eigenvalue weighted by atomic mass is 35.5. The zero-order valence-corrected chi connectivity index (χ0v) is 29.6. The fourth-order valence-corrected chi connectivity index (χ4v) is 6.73. The molecule has 0 aliphatic rings. The van der Waals surface area contributed by atoms with Crippen molar-refractivity contribution in [2.24, 2.45) is 0 Å². The highest BCUT2D eigenvalue weighted by Crippen LogP contribution is 2.34. The van der Waals surface area contributed by atoms with E-state index in [1.54, 1.807) is 91.9 Å². The van der Waals surface area contributed by atoms with Crippen LogP contribution in [0.5, 0.6) is 11.5 Å². The molecule has 1 unspecified atom stereocenters. The van der Waals surface area contributed by atoms with Gasteiger partial charge in [0.2, 0.25) is 5.91 Å². The van der Waals surface area contributed by atoms with E-state index in [0.717, 1.165) is 4.90 Å². The van der Waals surface area contributed by atoms with E-state index in [0.29, 0.717) is 54.7 Å². The lowest BCUT2D eigenvalue weighted by molar-refractivity contribution is -0.115. The lowest BCUT2D eigenvalue weighted by Crippen LogP contribution is -2.30. The molecule has 0 fully saturated rings. The van der Waals surface area contributed by atoms with Crippen molar-refractivity contribution in [3.63, 3.8) is 0 Å². The van der Waals surface area contributed by atoms with Crippen LogP contribution in [0.4, 0.5) is 10.8 Å². The number of amides is 3. The minimum absolute atomic E-state index is 0.0195. The SMILES string of the molecule is COc1cccc(/C=C(/NC(=O)c2ccccc2)C(=O)Nc2cccc(SC(C)C(=O)Nc3nc(-c4ccc(Cl)cc4Cl)cs3)c2)c1OC. The lowest BCUT2D eigenvalue weighted by Gasteiger charge is -2.15. The zero-order chi connectivity index (χ0) is 34.9. The Hall–Kier alpha value is -4.81. The number of thiazole rings is 1. The van der Waals surface area contributed by atoms with Crippen molar-refractivity contribution in [1.82, 2.24) is 10.3 Å². The number of thioether (sulfide) groups is 1. The molecule has 5 aromatic rings. The van der Waals surface area contributed by atoms with E-state index < -0.39 is 17.1 Å². The molecule has 9 nitrogen and oxygen atoms in total. The number of halogens is 2. The Morgan fingerprint density at radius 3 is 2.41 bits per heavy atom. The minimum Gasteiger partial charge on any atom is -0.493 e. The molecule has 0 aliphatic heterocycles. The van der Waals surface area contributed by atoms with Crippen LogP contribution in [0.25, 0.3) is 17.3 Å². The molecule has 13 heteroatoms. The molecule has 0 bridgehead atoms. The first-order valence-corrected chi connectivity index (χ1v) is 17.3. The number of carbonyl (C=O) groups is 3. The topological polar surface area (TPSA) is 119 Å². The van der Waals surface area contributed by atoms with Gasteiger partial charge in [-0.2, -0.15) is 0 Å². The third kappa shape index (κ3) is 9.21. The normalized spacial score (nSPS) is 11.7. The van der Waals surface area contributed by atoms with Gasteiger partial charge in [-0.25, -0.2) is 4.98 Å². The number of para-hydroxylation sites is 1. The van der Waals surface area contributed by atoms with Crippen molar-refractivity contribution in [2.45, 2.75) is 17.1 Å². The number of rotatable bonds is 12. The van der Waals surface area contributed by atoms with E-state index in [1.165, 1.54) is 43.4 Å². The molecular formula is C36H30Cl2N4O5S2. The smallest absolute Gasteiger partial charge is 0.272 e. The maximum Gasteiger partial charge on any atom is 0.272 e. The Bertz CT molecular complexity index is 2020. The molecule has 0 saturated carbocycles. The van der Waals surface area contributed by atoms with Gasteiger partial charge in [-0.05, 0) is 67.6 Å². The van der Waals surface area contributed by atoms with Crippen LogP contribution in [-0.2, 0) is 9.59 Å². The van der Waals surface area contributed by atoms with Crippen LogP contribution < -0.4 is 25.4 Å². The van der Waals surface area contributed by atoms with Crippen LogP contribution in [0.2, 0.25) is 10.0 Å². The van der Waals surface area contributed by atoms with E-state index in [-0.39, 0.29) is 11.6 Å². The molecule has 1 atom stereocenters. The molecular weight excluding hydrogens is 703 g/mol. The fourth-order valence-electron chi connectivity index (χ4n) is 4.59. The first-order valence-electron chi connectivity index (χ1n) is 14.7. The van der Waals surface area contributed by atoms with Crippen molar-refractivity contribution in [3.8, 4) is 22.8 Å². The number of hydrogen-bond acceptors (Lipinski definition) is 8. The van der Waals surface area contributed by atoms with E-state index in [4.69, 9.17) is 32.7 Å². The molecule has 5 rings (SSSR count). The average Bonchev–Trinajstić information content (AvgIpc) is 3.56. The van der Waals surface area contributed by atoms with Gasteiger partial charge in [0, 0.05) is 37.7 Å². The van der Waals surface area contributed by atoms with Crippen molar-refractivity contribution in [1.29, 1.82) is 0 Å². The number of hydrogen-bond donors (Lipinski definition) is 3. The molecule has 3 N–H and O–H groups in total. The number of benzene rings is 4. The summed E-state index contributed by atoms with van der Waals surface area (Å²) in [5, 5.41) is 11.2. The van der Waals surface area contributed by atoms with Gasteiger partial charge in [-0.3, -0.25) is 14.4 Å². The van der Waals surface area contributed by atoms with Crippen LogP contribution in [0.3, 0.4) is 0 Å². The number of nitrogens with zero attached hydrogens (tertiary/aromatic N) is 1. The van der Waals surface area contributed by atoms with Gasteiger partial charge in [0.1, 0.15) is 5.70 Å². The quantitative estimate of drug-likeness (QED) is 0.0868. The maximum absolute atomic E-state index is 13.7. The zero-order valence-electron chi connectivity index (χ0n) is 26.5. The highest BCUT2D eigenvalue weighted by molar-refractivity contribution is 8.00. The Kier molecular flexibility index (Phi) is 12.0. The van der Waals surface area contributed by atoms with Gasteiger partial charge in [-0.15, -0.1) is 23.1 Å². The first-order chi connectivity index (χ1) is 23.6. The minimum atomic E-state index is -0.567. The summed E-state index contributed by atoms with van der Waals surface area (Å²) in [4.78, 5) is 45.1. The summed E-state index contributed by atoms with van der Waals surface area (Å²) in [5.41, 5.74) is 2.69. The molecule has 49 heavy (non-hydrogen) atoms. The van der Waals surface area contributed by atoms with Crippen molar-refractivity contribution in [3.05, 3.63) is 123 Å². The second-order valence-electron chi connectivity index (χ2n) is 10.4. The molecule has 1 aromatic heterocycles. The van der Waals surface area contributed by atoms with E-state index in [2.05, 4.69) is 20.9 Å². The second-order valence-corrected chi connectivity index (χ2v) is 13.5. The maximum atomic E-state index is 13.7. The van der Waals surface area contributed by atoms with Crippen LogP contribution in [0.15, 0.2) is 107 Å². The molecule has 0 aliphatic carbocycles. The number of nitrogens with one attached hydrogen (secondary N) is 3. The Morgan fingerprint density at radius 2 is 1.67 bits per heavy atom. The Balaban J connectivity index is 1.30. The number of methoxy groups -OCH3 is 2. The highest BCUT2D eigenvalue weighted by Gasteiger charge is 2.20. The molecule has 3 amide bonds. The summed E-state index contributed by atoms with van der Waals surface area (Å²) in [7, 11) is 3.01. The summed E-state index contributed by atoms with van der Waals surface area (Å²) in [5.74, 6) is -0.407. The number of carbonyl (C=O) groups excluding carboxylic acids is 3. The van der Waals surface area contributed by atoms with Crippen molar-refractivity contribution < 1.29 is 23.9 Å². The number of ether oxygens (including phenoxy) is 2. The second kappa shape index (κ2) is 16.5. The average molecular weight is 734 g/mol. The number of anilines is 2. The lowest BCUT2D eigenvalue weighted by atomic mass is 10.1. The predicted molar refractivity (Wildman–Crippen MR) is 198 cm³/mol. The Labute approximate surface area is 301 Å². The van der Waals surface area contributed by atoms with Crippen LogP contribution in [0, 0.1) is 0 Å². The van der Waals surface area contributed by atoms with Crippen molar-refractivity contribution in [2.75, 3.05) is 24.9 Å². The third-order valence-corrected chi connectivity index (χ3v) is 9.38. The van der Waals surface area contributed by atoms with E-state index >= 15 is 0 Å². The fraction of sp³-hybridized carbons (Fsp3) is 0.111. The van der Waals surface area contributed by atoms with Crippen LogP contribution >= 0.6 is 46.3 Å². The monoisotopic (exact) mass is 732 g/mol. The molecule has 0 spiro atoms. The Morgan fingerprint density at radius 1 is 0.898 bits per heavy atom. The van der Waals surface area contributed by atoms with Gasteiger partial charge >= 0.3 is 0 Å². The number of aromatic nitrogens is 1. The van der Waals surface area contributed by atoms with Gasteiger partial charge in [0.25, 0.3) is 11.8 Å². The molecule has 4 aromatic carbocycles. The summed E-state index contributed by atoms with van der Waals surface area (Å²) < 4.78 is 10.9. The molecule has 0 saturated heterocycles. The molecule has 1 heterocycles. The standard InChI is InChI=1S/C36H30Cl2N4O5S2/c1-21(33(43)42-36-41-30(20-48-36)27-16-15-24(37)18-28(27)38)49-26-13-8-12-25(19-26)39-35(45)29(40-34(44)22-9-5-4-6-10-22)17-23-11-7-14-31(46-2)32(23)47-3/h4-21H,1-3H3,(H,39,45)(H,40,44)(H,41,42,43)/b29-17+. The molecule has 0 radical (unpaired) electrons. The first kappa shape index (κ1) is 35.5. The van der Waals surface area contributed by atoms with Gasteiger partial charge in [-0.1, -0.05) is 59.6 Å². The van der Waals surface area contributed by atoms with Crippen molar-refractivity contribution >= 4 is 80.9 Å². The van der Waals surface area contributed by atoms with Crippen LogP contribution in [-0.4, -0.2) is 42.2 Å². The largest absolute Gasteiger partial charge is 0.493 e. The summed E-state index contributed by atoms with van der Waals surface area (Å²) in [6.45, 7) is 1.78. The van der Waals surface area contributed by atoms with E-state index in [9.17, 15) is 14.4 Å². The summed E-state index contributed by atoms with van der Waals surface area (Å²) in [6.07, 6.45) is 1.52. The summed E-state index contributed by atoms with van der Waals surface area (Å²) >= 11 is 14.9. The molecule has 250 valence electrons. The van der Waals surface area contributed by atoms with Gasteiger partial charge in [0.15, 0.2) is 16.6 Å². The van der Waals surface area contributed by atoms with Gasteiger partial charge < -0.3 is 25.4 Å². The van der Waals surface area contributed by atoms with Gasteiger partial charge in [0.05, 0.1) is 30.2 Å². The summed E-state index contributed by atoms with van der Waals surface area (Å²) in [6, 6.07) is 26.0. The predicted octanol–water partition coefficient (Wildman–Crippen LogP) is 8.66. The third-order valence-electron chi connectivity index (χ3n) is 6.98. The van der Waals surface area contributed by atoms with E-state index in [1.807, 2.05) is 11.4 Å². The van der Waals surface area contributed by atoms with Crippen LogP contribution in [0.1, 0.15) is 22.8 Å².